The van der Waals surface area contributed by atoms with Gasteiger partial charge in [0.25, 0.3) is 0 Å². The number of carboxylic acids is 1. The quantitative estimate of drug-likeness (QED) is 0.720. The van der Waals surface area contributed by atoms with Crippen LogP contribution in [0.3, 0.4) is 0 Å². The Kier molecular flexibility index (Phi) is 4.41. The molecular formula is C15H17N3O6. The molecule has 0 aliphatic carbocycles. The molecule has 1 fully saturated rings. The number of nitrogens with zero attached hydrogens (tertiary/aromatic N) is 1. The number of aliphatic carboxylic acids is 1. The number of nitrogens with one attached hydrogen (secondary N) is 2. The van der Waals surface area contributed by atoms with Crippen molar-refractivity contribution in [2.24, 2.45) is 5.92 Å². The van der Waals surface area contributed by atoms with E-state index in [9.17, 15) is 14.4 Å². The summed E-state index contributed by atoms with van der Waals surface area (Å²) in [4.78, 5) is 35.8. The molecule has 0 saturated carbocycles. The Balaban J connectivity index is 1.43. The molecule has 1 unspecified atom stereocenters. The van der Waals surface area contributed by atoms with Gasteiger partial charge in [-0.25, -0.2) is 4.79 Å². The largest absolute Gasteiger partial charge is 0.481 e. The van der Waals surface area contributed by atoms with Crippen molar-refractivity contribution in [3.8, 4) is 11.5 Å². The maximum absolute atomic E-state index is 11.8. The molecule has 1 saturated heterocycles. The minimum atomic E-state index is -0.973. The molecule has 128 valence electrons. The van der Waals surface area contributed by atoms with Gasteiger partial charge in [-0.1, -0.05) is 0 Å². The number of anilines is 1. The van der Waals surface area contributed by atoms with Gasteiger partial charge in [-0.2, -0.15) is 0 Å². The average Bonchev–Trinajstić information content (AvgIpc) is 3.14. The number of carboxylic acid groups (broad SMARTS) is 1. The Labute approximate surface area is 137 Å². The van der Waals surface area contributed by atoms with Crippen molar-refractivity contribution < 1.29 is 29.0 Å². The van der Waals surface area contributed by atoms with E-state index in [-0.39, 0.29) is 38.8 Å². The molecule has 24 heavy (non-hydrogen) atoms. The van der Waals surface area contributed by atoms with Gasteiger partial charge >= 0.3 is 12.0 Å². The fourth-order valence-electron chi connectivity index (χ4n) is 2.61. The predicted octanol–water partition coefficient (Wildman–Crippen LogP) is 0.470. The third-order valence-electron chi connectivity index (χ3n) is 3.86. The van der Waals surface area contributed by atoms with Crippen molar-refractivity contribution in [1.82, 2.24) is 10.2 Å². The number of carbonyl (C=O) groups is 3. The van der Waals surface area contributed by atoms with Crippen LogP contribution in [0.25, 0.3) is 0 Å². The highest BCUT2D eigenvalue weighted by molar-refractivity contribution is 5.90. The van der Waals surface area contributed by atoms with Gasteiger partial charge in [-0.05, 0) is 12.1 Å². The van der Waals surface area contributed by atoms with Crippen LogP contribution in [0.1, 0.15) is 6.42 Å². The molecule has 2 heterocycles. The lowest BCUT2D eigenvalue weighted by atomic mass is 10.1. The first-order valence-corrected chi connectivity index (χ1v) is 7.48. The highest BCUT2D eigenvalue weighted by atomic mass is 16.7. The summed E-state index contributed by atoms with van der Waals surface area (Å²) in [5, 5.41) is 14.2. The molecular weight excluding hydrogens is 318 g/mol. The summed E-state index contributed by atoms with van der Waals surface area (Å²) in [6.07, 6.45) is 0.0126. The van der Waals surface area contributed by atoms with Crippen LogP contribution in [-0.4, -0.2) is 54.3 Å². The second kappa shape index (κ2) is 6.65. The van der Waals surface area contributed by atoms with Gasteiger partial charge in [0.2, 0.25) is 12.7 Å². The molecule has 2 aliphatic rings. The van der Waals surface area contributed by atoms with Crippen LogP contribution in [0.15, 0.2) is 18.2 Å². The molecule has 1 atom stereocenters. The number of urea groups is 1. The van der Waals surface area contributed by atoms with E-state index in [1.165, 1.54) is 4.90 Å². The van der Waals surface area contributed by atoms with E-state index in [2.05, 4.69) is 10.6 Å². The van der Waals surface area contributed by atoms with E-state index in [4.69, 9.17) is 14.6 Å². The molecule has 9 nitrogen and oxygen atoms in total. The number of hydrogen-bond acceptors (Lipinski definition) is 5. The second-order valence-corrected chi connectivity index (χ2v) is 5.53. The van der Waals surface area contributed by atoms with E-state index >= 15 is 0 Å². The van der Waals surface area contributed by atoms with Crippen molar-refractivity contribution in [1.29, 1.82) is 0 Å². The number of ether oxygens (including phenoxy) is 2. The van der Waals surface area contributed by atoms with Gasteiger partial charge in [0, 0.05) is 37.8 Å². The maximum atomic E-state index is 11.8. The average molecular weight is 335 g/mol. The van der Waals surface area contributed by atoms with Gasteiger partial charge in [-0.3, -0.25) is 9.59 Å². The summed E-state index contributed by atoms with van der Waals surface area (Å²) >= 11 is 0. The van der Waals surface area contributed by atoms with Gasteiger partial charge in [-0.15, -0.1) is 0 Å². The summed E-state index contributed by atoms with van der Waals surface area (Å²) in [5.41, 5.74) is 0.556. The molecule has 0 aromatic heterocycles. The molecule has 2 aliphatic heterocycles. The standard InChI is InChI=1S/C15H17N3O6/c19-13-5-9(14(20)21)7-18(13)4-3-16-15(22)17-10-1-2-11-12(6-10)24-8-23-11/h1-2,6,9H,3-5,7-8H2,(H,20,21)(H2,16,17,22). The normalized spacial score (nSPS) is 18.6. The van der Waals surface area contributed by atoms with Crippen LogP contribution >= 0.6 is 0 Å². The summed E-state index contributed by atoms with van der Waals surface area (Å²) in [6, 6.07) is 4.63. The second-order valence-electron chi connectivity index (χ2n) is 5.53. The van der Waals surface area contributed by atoms with Crippen LogP contribution < -0.4 is 20.1 Å². The number of rotatable bonds is 5. The van der Waals surface area contributed by atoms with Crippen LogP contribution in [0, 0.1) is 5.92 Å². The molecule has 9 heteroatoms. The number of carbonyl (C=O) groups excluding carboxylic acids is 2. The Hall–Kier alpha value is -2.97. The van der Waals surface area contributed by atoms with Crippen molar-refractivity contribution >= 4 is 23.6 Å². The first-order chi connectivity index (χ1) is 11.5. The Morgan fingerprint density at radius 2 is 2.08 bits per heavy atom. The van der Waals surface area contributed by atoms with Crippen LogP contribution in [0.5, 0.6) is 11.5 Å². The summed E-state index contributed by atoms with van der Waals surface area (Å²) in [5.74, 6) is -0.656. The topological polar surface area (TPSA) is 117 Å². The third kappa shape index (κ3) is 3.50. The molecule has 3 N–H and O–H groups in total. The highest BCUT2D eigenvalue weighted by Crippen LogP contribution is 2.34. The van der Waals surface area contributed by atoms with Crippen molar-refractivity contribution in [3.05, 3.63) is 18.2 Å². The van der Waals surface area contributed by atoms with Crippen molar-refractivity contribution in [2.75, 3.05) is 31.7 Å². The molecule has 0 spiro atoms. The molecule has 0 radical (unpaired) electrons. The summed E-state index contributed by atoms with van der Waals surface area (Å²) < 4.78 is 10.4. The van der Waals surface area contributed by atoms with Crippen molar-refractivity contribution in [2.45, 2.75) is 6.42 Å². The van der Waals surface area contributed by atoms with Crippen LogP contribution in [0.4, 0.5) is 10.5 Å². The fraction of sp³-hybridized carbons (Fsp3) is 0.400. The molecule has 3 rings (SSSR count). The SMILES string of the molecule is O=C(NCCN1CC(C(=O)O)CC1=O)Nc1ccc2c(c1)OCO2. The van der Waals surface area contributed by atoms with Gasteiger partial charge in [0.1, 0.15) is 0 Å². The van der Waals surface area contributed by atoms with E-state index in [0.717, 1.165) is 0 Å². The number of benzene rings is 1. The summed E-state index contributed by atoms with van der Waals surface area (Å²) in [6.45, 7) is 0.845. The number of amides is 3. The zero-order valence-corrected chi connectivity index (χ0v) is 12.8. The zero-order chi connectivity index (χ0) is 17.1. The lowest BCUT2D eigenvalue weighted by molar-refractivity contribution is -0.141. The number of likely N-dealkylation sites (tertiary alicyclic amines) is 1. The van der Waals surface area contributed by atoms with Crippen LogP contribution in [0.2, 0.25) is 0 Å². The minimum absolute atomic E-state index is 0.0126. The Morgan fingerprint density at radius 3 is 2.83 bits per heavy atom. The number of fused-ring (bicyclic) bond motifs is 1. The Morgan fingerprint density at radius 1 is 1.29 bits per heavy atom. The smallest absolute Gasteiger partial charge is 0.319 e. The lowest BCUT2D eigenvalue weighted by Crippen LogP contribution is -2.37. The summed E-state index contributed by atoms with van der Waals surface area (Å²) in [7, 11) is 0. The predicted molar refractivity (Wildman–Crippen MR) is 81.9 cm³/mol. The Bertz CT molecular complexity index is 677. The molecule has 0 bridgehead atoms. The van der Waals surface area contributed by atoms with E-state index < -0.39 is 17.9 Å². The third-order valence-corrected chi connectivity index (χ3v) is 3.86. The molecule has 1 aromatic rings. The minimum Gasteiger partial charge on any atom is -0.481 e. The van der Waals surface area contributed by atoms with Gasteiger partial charge < -0.3 is 30.1 Å². The molecule has 3 amide bonds. The monoisotopic (exact) mass is 335 g/mol. The molecule has 1 aromatic carbocycles. The van der Waals surface area contributed by atoms with E-state index in [1.807, 2.05) is 0 Å². The zero-order valence-electron chi connectivity index (χ0n) is 12.8. The first-order valence-electron chi connectivity index (χ1n) is 7.48. The van der Waals surface area contributed by atoms with Gasteiger partial charge in [0.15, 0.2) is 11.5 Å². The van der Waals surface area contributed by atoms with E-state index in [1.54, 1.807) is 18.2 Å². The fourth-order valence-corrected chi connectivity index (χ4v) is 2.61. The maximum Gasteiger partial charge on any atom is 0.319 e. The highest BCUT2D eigenvalue weighted by Gasteiger charge is 2.33. The van der Waals surface area contributed by atoms with Crippen molar-refractivity contribution in [3.63, 3.8) is 0 Å². The van der Waals surface area contributed by atoms with E-state index in [0.29, 0.717) is 17.2 Å². The van der Waals surface area contributed by atoms with Crippen LogP contribution in [-0.2, 0) is 9.59 Å². The lowest BCUT2D eigenvalue weighted by Gasteiger charge is -2.16. The first kappa shape index (κ1) is 15.9. The number of hydrogen-bond donors (Lipinski definition) is 3. The van der Waals surface area contributed by atoms with Gasteiger partial charge in [0.05, 0.1) is 5.92 Å².